The van der Waals surface area contributed by atoms with Gasteiger partial charge in [-0.25, -0.2) is 9.59 Å². The van der Waals surface area contributed by atoms with Crippen LogP contribution in [0.5, 0.6) is 0 Å². The summed E-state index contributed by atoms with van der Waals surface area (Å²) in [6.45, 7) is 7.99. The van der Waals surface area contributed by atoms with Gasteiger partial charge in [0.15, 0.2) is 0 Å². The van der Waals surface area contributed by atoms with Crippen molar-refractivity contribution in [1.82, 2.24) is 10.6 Å². The van der Waals surface area contributed by atoms with E-state index >= 15 is 0 Å². The number of methoxy groups -OCH3 is 1. The summed E-state index contributed by atoms with van der Waals surface area (Å²) in [4.78, 5) is 36.0. The Morgan fingerprint density at radius 2 is 1.31 bits per heavy atom. The molecule has 0 unspecified atom stereocenters. The van der Waals surface area contributed by atoms with Gasteiger partial charge in [0.05, 0.1) is 7.11 Å². The minimum Gasteiger partial charge on any atom is -0.467 e. The molecule has 0 aromatic carbocycles. The van der Waals surface area contributed by atoms with Crippen LogP contribution in [-0.4, -0.2) is 43.3 Å². The highest BCUT2D eigenvalue weighted by Crippen LogP contribution is 2.08. The van der Waals surface area contributed by atoms with Crippen molar-refractivity contribution < 1.29 is 23.9 Å². The number of carbonyl (C=O) groups is 3. The van der Waals surface area contributed by atoms with Gasteiger partial charge in [-0.05, 0) is 85.0 Å². The van der Waals surface area contributed by atoms with Crippen molar-refractivity contribution in [3.05, 3.63) is 60.8 Å². The van der Waals surface area contributed by atoms with E-state index in [-0.39, 0.29) is 5.91 Å². The van der Waals surface area contributed by atoms with Gasteiger partial charge in [0.25, 0.3) is 0 Å². The summed E-state index contributed by atoms with van der Waals surface area (Å²) < 4.78 is 10.0. The lowest BCUT2D eigenvalue weighted by atomic mass is 10.1. The van der Waals surface area contributed by atoms with Gasteiger partial charge < -0.3 is 20.1 Å². The Morgan fingerprint density at radius 3 is 1.82 bits per heavy atom. The van der Waals surface area contributed by atoms with Crippen molar-refractivity contribution in [3.63, 3.8) is 0 Å². The highest BCUT2D eigenvalue weighted by Gasteiger charge is 2.21. The van der Waals surface area contributed by atoms with Crippen LogP contribution in [0.1, 0.15) is 98.3 Å². The largest absolute Gasteiger partial charge is 0.467 e. The van der Waals surface area contributed by atoms with Crippen LogP contribution in [-0.2, 0) is 19.1 Å². The van der Waals surface area contributed by atoms with Crippen LogP contribution >= 0.6 is 0 Å². The highest BCUT2D eigenvalue weighted by atomic mass is 16.6. The summed E-state index contributed by atoms with van der Waals surface area (Å²) >= 11 is 0. The molecular formula is C32H52N2O5. The molecule has 0 rings (SSSR count). The van der Waals surface area contributed by atoms with Gasteiger partial charge in [0.2, 0.25) is 5.91 Å². The third-order valence-electron chi connectivity index (χ3n) is 5.34. The number of ether oxygens (including phenoxy) is 2. The number of allylic oxidation sites excluding steroid dienone is 10. The van der Waals surface area contributed by atoms with E-state index in [1.807, 2.05) is 0 Å². The van der Waals surface area contributed by atoms with Crippen LogP contribution in [0.3, 0.4) is 0 Å². The zero-order valence-corrected chi connectivity index (χ0v) is 24.9. The van der Waals surface area contributed by atoms with E-state index in [1.54, 1.807) is 20.8 Å². The fraction of sp³-hybridized carbons (Fsp3) is 0.594. The standard InChI is InChI=1S/C32H52N2O5/c1-6-7-8-9-10-11-12-13-14-15-16-17-18-19-20-21-22-26-29(35)34-28(30(36)38-5)25-23-24-27-33-31(37)39-32(2,3)4/h7-8,10-11,13-14,16-17,19-20,28H,6,9,12,15,18,21-27H2,1-5H3,(H,33,37)(H,34,35)/t28-/m0/s1. The van der Waals surface area contributed by atoms with Crippen LogP contribution in [0, 0.1) is 0 Å². The first kappa shape index (κ1) is 35.9. The Bertz CT molecular complexity index is 819. The van der Waals surface area contributed by atoms with Gasteiger partial charge in [-0.15, -0.1) is 0 Å². The molecule has 0 heterocycles. The van der Waals surface area contributed by atoms with E-state index < -0.39 is 23.7 Å². The molecule has 7 heteroatoms. The fourth-order valence-corrected chi connectivity index (χ4v) is 3.38. The smallest absolute Gasteiger partial charge is 0.407 e. The van der Waals surface area contributed by atoms with E-state index in [9.17, 15) is 14.4 Å². The number of hydrogen-bond acceptors (Lipinski definition) is 5. The van der Waals surface area contributed by atoms with Gasteiger partial charge in [-0.1, -0.05) is 67.7 Å². The molecule has 1 atom stereocenters. The lowest BCUT2D eigenvalue weighted by Crippen LogP contribution is -2.41. The average molecular weight is 545 g/mol. The molecule has 0 aliphatic heterocycles. The second-order valence-electron chi connectivity index (χ2n) is 10.2. The minimum absolute atomic E-state index is 0.162. The van der Waals surface area contributed by atoms with Gasteiger partial charge in [0.1, 0.15) is 11.6 Å². The topological polar surface area (TPSA) is 93.7 Å². The molecule has 0 saturated carbocycles. The lowest BCUT2D eigenvalue weighted by molar-refractivity contribution is -0.145. The van der Waals surface area contributed by atoms with E-state index in [1.165, 1.54) is 7.11 Å². The highest BCUT2D eigenvalue weighted by molar-refractivity contribution is 5.84. The Kier molecular flexibility index (Phi) is 22.1. The molecule has 0 radical (unpaired) electrons. The van der Waals surface area contributed by atoms with Gasteiger partial charge in [-0.2, -0.15) is 0 Å². The third kappa shape index (κ3) is 25.0. The summed E-state index contributed by atoms with van der Waals surface area (Å²) in [6, 6.07) is -0.683. The molecule has 2 N–H and O–H groups in total. The van der Waals surface area contributed by atoms with Crippen molar-refractivity contribution in [2.75, 3.05) is 13.7 Å². The average Bonchev–Trinajstić information content (AvgIpc) is 2.88. The molecule has 0 saturated heterocycles. The van der Waals surface area contributed by atoms with Gasteiger partial charge in [0, 0.05) is 13.0 Å². The number of esters is 1. The zero-order chi connectivity index (χ0) is 29.2. The predicted molar refractivity (Wildman–Crippen MR) is 160 cm³/mol. The quantitative estimate of drug-likeness (QED) is 0.0955. The molecule has 39 heavy (non-hydrogen) atoms. The van der Waals surface area contributed by atoms with Crippen molar-refractivity contribution >= 4 is 18.0 Å². The predicted octanol–water partition coefficient (Wildman–Crippen LogP) is 7.26. The monoisotopic (exact) mass is 544 g/mol. The minimum atomic E-state index is -0.683. The normalized spacial score (nSPS) is 13.2. The summed E-state index contributed by atoms with van der Waals surface area (Å²) in [5.74, 6) is -0.620. The van der Waals surface area contributed by atoms with Crippen LogP contribution in [0.15, 0.2) is 60.8 Å². The number of alkyl carbamates (subject to hydrolysis) is 1. The van der Waals surface area contributed by atoms with E-state index in [0.717, 1.165) is 38.5 Å². The number of rotatable bonds is 20. The summed E-state index contributed by atoms with van der Waals surface area (Å²) in [7, 11) is 1.31. The summed E-state index contributed by atoms with van der Waals surface area (Å²) in [5.41, 5.74) is -0.543. The Balaban J connectivity index is 4.02. The number of hydrogen-bond donors (Lipinski definition) is 2. The van der Waals surface area contributed by atoms with Crippen LogP contribution < -0.4 is 10.6 Å². The number of carbonyl (C=O) groups excluding carboxylic acids is 3. The Labute approximate surface area is 236 Å². The Morgan fingerprint density at radius 1 is 0.769 bits per heavy atom. The maximum atomic E-state index is 12.3. The van der Waals surface area contributed by atoms with Crippen molar-refractivity contribution in [3.8, 4) is 0 Å². The molecule has 7 nitrogen and oxygen atoms in total. The van der Waals surface area contributed by atoms with Crippen LogP contribution in [0.4, 0.5) is 4.79 Å². The number of nitrogens with one attached hydrogen (secondary N) is 2. The first-order chi connectivity index (χ1) is 18.7. The third-order valence-corrected chi connectivity index (χ3v) is 5.34. The van der Waals surface area contributed by atoms with Crippen molar-refractivity contribution in [2.24, 2.45) is 0 Å². The second kappa shape index (κ2) is 24.0. The lowest BCUT2D eigenvalue weighted by Gasteiger charge is -2.20. The van der Waals surface area contributed by atoms with Gasteiger partial charge in [-0.3, -0.25) is 4.79 Å². The maximum absolute atomic E-state index is 12.3. The molecule has 0 aromatic rings. The van der Waals surface area contributed by atoms with Crippen molar-refractivity contribution in [1.29, 1.82) is 0 Å². The molecule has 0 fully saturated rings. The van der Waals surface area contributed by atoms with E-state index in [2.05, 4.69) is 78.3 Å². The maximum Gasteiger partial charge on any atom is 0.407 e. The zero-order valence-electron chi connectivity index (χ0n) is 24.9. The number of unbranched alkanes of at least 4 members (excludes halogenated alkanes) is 2. The molecule has 2 amide bonds. The molecular weight excluding hydrogens is 492 g/mol. The fourth-order valence-electron chi connectivity index (χ4n) is 3.38. The molecule has 0 aliphatic carbocycles. The van der Waals surface area contributed by atoms with E-state index in [0.29, 0.717) is 38.6 Å². The molecule has 0 bridgehead atoms. The molecule has 0 aromatic heterocycles. The van der Waals surface area contributed by atoms with Crippen molar-refractivity contribution in [2.45, 2.75) is 110 Å². The molecule has 0 spiro atoms. The first-order valence-electron chi connectivity index (χ1n) is 14.3. The molecule has 220 valence electrons. The van der Waals surface area contributed by atoms with Crippen LogP contribution in [0.25, 0.3) is 0 Å². The van der Waals surface area contributed by atoms with Crippen LogP contribution in [0.2, 0.25) is 0 Å². The van der Waals surface area contributed by atoms with E-state index in [4.69, 9.17) is 9.47 Å². The summed E-state index contributed by atoms with van der Waals surface area (Å²) in [6.07, 6.45) is 29.6. The Hall–Kier alpha value is -3.09. The summed E-state index contributed by atoms with van der Waals surface area (Å²) in [5, 5.41) is 5.47. The molecule has 0 aliphatic rings. The second-order valence-corrected chi connectivity index (χ2v) is 10.2. The SMILES string of the molecule is CCC=CCC=CCC=CCC=CCC=CCCCC(=O)N[C@@H](CCCCNC(=O)OC(C)(C)C)C(=O)OC. The number of amides is 2. The first-order valence-corrected chi connectivity index (χ1v) is 14.3. The van der Waals surface area contributed by atoms with Gasteiger partial charge >= 0.3 is 12.1 Å².